The van der Waals surface area contributed by atoms with Crippen molar-refractivity contribution in [3.63, 3.8) is 0 Å². The second kappa shape index (κ2) is 6.96. The zero-order valence-electron chi connectivity index (χ0n) is 13.8. The Kier molecular flexibility index (Phi) is 4.76. The standard InChI is InChI=1S/C18H24N4O/c1-14-12-17(20-21(14)2)19-18(23)16-10-6-7-11-22(16)13-15-8-4-3-5-9-15/h3-5,8-9,12,16H,6-7,10-11,13H2,1-2H3,(H,19,20,23). The number of likely N-dealkylation sites (tertiary alicyclic amines) is 1. The number of hydrogen-bond acceptors (Lipinski definition) is 3. The van der Waals surface area contributed by atoms with Gasteiger partial charge in [0.25, 0.3) is 0 Å². The molecule has 1 aromatic carbocycles. The van der Waals surface area contributed by atoms with Crippen LogP contribution in [0.2, 0.25) is 0 Å². The number of aryl methyl sites for hydroxylation is 2. The minimum Gasteiger partial charge on any atom is -0.308 e. The van der Waals surface area contributed by atoms with Crippen molar-refractivity contribution in [2.24, 2.45) is 7.05 Å². The molecule has 1 N–H and O–H groups in total. The second-order valence-corrected chi connectivity index (χ2v) is 6.25. The molecule has 0 aliphatic carbocycles. The second-order valence-electron chi connectivity index (χ2n) is 6.25. The lowest BCUT2D eigenvalue weighted by Crippen LogP contribution is -2.46. The first kappa shape index (κ1) is 15.7. The summed E-state index contributed by atoms with van der Waals surface area (Å²) in [6, 6.07) is 12.2. The van der Waals surface area contributed by atoms with E-state index in [0.717, 1.165) is 38.0 Å². The molecular formula is C18H24N4O. The quantitative estimate of drug-likeness (QED) is 0.944. The molecule has 3 rings (SSSR count). The first-order valence-electron chi connectivity index (χ1n) is 8.23. The molecule has 2 aromatic rings. The molecule has 0 spiro atoms. The molecule has 1 atom stereocenters. The van der Waals surface area contributed by atoms with Crippen LogP contribution >= 0.6 is 0 Å². The van der Waals surface area contributed by atoms with Crippen molar-refractivity contribution in [1.82, 2.24) is 14.7 Å². The third kappa shape index (κ3) is 3.79. The van der Waals surface area contributed by atoms with Gasteiger partial charge in [0.05, 0.1) is 6.04 Å². The predicted molar refractivity (Wildman–Crippen MR) is 91.1 cm³/mol. The van der Waals surface area contributed by atoms with Crippen molar-refractivity contribution in [2.75, 3.05) is 11.9 Å². The van der Waals surface area contributed by atoms with Gasteiger partial charge in [0.15, 0.2) is 5.82 Å². The van der Waals surface area contributed by atoms with Gasteiger partial charge in [0.2, 0.25) is 5.91 Å². The monoisotopic (exact) mass is 312 g/mol. The van der Waals surface area contributed by atoms with Crippen LogP contribution in [-0.4, -0.2) is 33.2 Å². The van der Waals surface area contributed by atoms with Crippen molar-refractivity contribution in [2.45, 2.75) is 38.8 Å². The number of nitrogens with one attached hydrogen (secondary N) is 1. The van der Waals surface area contributed by atoms with E-state index in [2.05, 4.69) is 27.4 Å². The molecule has 1 saturated heterocycles. The summed E-state index contributed by atoms with van der Waals surface area (Å²) >= 11 is 0. The summed E-state index contributed by atoms with van der Waals surface area (Å²) in [6.07, 6.45) is 3.16. The first-order chi connectivity index (χ1) is 11.1. The van der Waals surface area contributed by atoms with Gasteiger partial charge in [-0.25, -0.2) is 0 Å². The van der Waals surface area contributed by atoms with Gasteiger partial charge in [-0.3, -0.25) is 14.4 Å². The lowest BCUT2D eigenvalue weighted by atomic mass is 10.0. The lowest BCUT2D eigenvalue weighted by molar-refractivity contribution is -0.122. The number of benzene rings is 1. The van der Waals surface area contributed by atoms with Crippen LogP contribution in [0.15, 0.2) is 36.4 Å². The Morgan fingerprint density at radius 2 is 2.09 bits per heavy atom. The van der Waals surface area contributed by atoms with E-state index in [4.69, 9.17) is 0 Å². The number of nitrogens with zero attached hydrogens (tertiary/aromatic N) is 3. The third-order valence-electron chi connectivity index (χ3n) is 4.51. The van der Waals surface area contributed by atoms with E-state index in [1.807, 2.05) is 38.2 Å². The molecule has 122 valence electrons. The fourth-order valence-electron chi connectivity index (χ4n) is 3.13. The van der Waals surface area contributed by atoms with Gasteiger partial charge < -0.3 is 5.32 Å². The average molecular weight is 312 g/mol. The highest BCUT2D eigenvalue weighted by Gasteiger charge is 2.29. The molecule has 0 saturated carbocycles. The topological polar surface area (TPSA) is 50.2 Å². The SMILES string of the molecule is Cc1cc(NC(=O)C2CCCCN2Cc2ccccc2)nn1C. The largest absolute Gasteiger partial charge is 0.308 e. The van der Waals surface area contributed by atoms with Crippen LogP contribution in [0.5, 0.6) is 0 Å². The number of aromatic nitrogens is 2. The summed E-state index contributed by atoms with van der Waals surface area (Å²) in [5, 5.41) is 7.30. The van der Waals surface area contributed by atoms with Crippen LogP contribution in [0.25, 0.3) is 0 Å². The summed E-state index contributed by atoms with van der Waals surface area (Å²) in [6.45, 7) is 3.76. The number of carbonyl (C=O) groups is 1. The Hall–Kier alpha value is -2.14. The minimum absolute atomic E-state index is 0.0544. The van der Waals surface area contributed by atoms with Crippen LogP contribution < -0.4 is 5.32 Å². The van der Waals surface area contributed by atoms with Gasteiger partial charge in [-0.2, -0.15) is 5.10 Å². The number of anilines is 1. The van der Waals surface area contributed by atoms with E-state index in [9.17, 15) is 4.79 Å². The number of amides is 1. The summed E-state index contributed by atoms with van der Waals surface area (Å²) in [5.41, 5.74) is 2.28. The molecule has 1 aliphatic heterocycles. The van der Waals surface area contributed by atoms with E-state index in [1.165, 1.54) is 5.56 Å². The molecule has 23 heavy (non-hydrogen) atoms. The molecule has 5 heteroatoms. The fraction of sp³-hybridized carbons (Fsp3) is 0.444. The molecule has 0 bridgehead atoms. The van der Waals surface area contributed by atoms with Crippen LogP contribution in [0.3, 0.4) is 0 Å². The zero-order valence-corrected chi connectivity index (χ0v) is 13.8. The van der Waals surface area contributed by atoms with Crippen LogP contribution in [0, 0.1) is 6.92 Å². The molecule has 0 radical (unpaired) electrons. The lowest BCUT2D eigenvalue weighted by Gasteiger charge is -2.34. The van der Waals surface area contributed by atoms with Gasteiger partial charge in [0.1, 0.15) is 0 Å². The first-order valence-corrected chi connectivity index (χ1v) is 8.23. The van der Waals surface area contributed by atoms with Gasteiger partial charge >= 0.3 is 0 Å². The van der Waals surface area contributed by atoms with Gasteiger partial charge in [-0.15, -0.1) is 0 Å². The van der Waals surface area contributed by atoms with Gasteiger partial charge in [-0.05, 0) is 31.9 Å². The Balaban J connectivity index is 1.69. The average Bonchev–Trinajstić information content (AvgIpc) is 2.86. The third-order valence-corrected chi connectivity index (χ3v) is 4.51. The van der Waals surface area contributed by atoms with E-state index in [-0.39, 0.29) is 11.9 Å². The maximum Gasteiger partial charge on any atom is 0.242 e. The van der Waals surface area contributed by atoms with E-state index in [0.29, 0.717) is 5.82 Å². The van der Waals surface area contributed by atoms with Crippen molar-refractivity contribution >= 4 is 11.7 Å². The summed E-state index contributed by atoms with van der Waals surface area (Å²) in [4.78, 5) is 15.0. The molecule has 2 heterocycles. The van der Waals surface area contributed by atoms with Crippen molar-refractivity contribution in [3.05, 3.63) is 47.7 Å². The zero-order chi connectivity index (χ0) is 16.2. The predicted octanol–water partition coefficient (Wildman–Crippen LogP) is 2.72. The Morgan fingerprint density at radius 3 is 2.78 bits per heavy atom. The molecule has 1 amide bonds. The number of hydrogen-bond donors (Lipinski definition) is 1. The molecule has 1 aromatic heterocycles. The van der Waals surface area contributed by atoms with E-state index < -0.39 is 0 Å². The van der Waals surface area contributed by atoms with Gasteiger partial charge in [-0.1, -0.05) is 36.8 Å². The van der Waals surface area contributed by atoms with Crippen molar-refractivity contribution < 1.29 is 4.79 Å². The minimum atomic E-state index is -0.0775. The molecule has 1 aliphatic rings. The summed E-state index contributed by atoms with van der Waals surface area (Å²) < 4.78 is 1.78. The van der Waals surface area contributed by atoms with Gasteiger partial charge in [0, 0.05) is 25.4 Å². The summed E-state index contributed by atoms with van der Waals surface area (Å²) in [7, 11) is 1.88. The molecule has 1 unspecified atom stereocenters. The maximum atomic E-state index is 12.7. The highest BCUT2D eigenvalue weighted by atomic mass is 16.2. The van der Waals surface area contributed by atoms with Crippen molar-refractivity contribution in [3.8, 4) is 0 Å². The number of carbonyl (C=O) groups excluding carboxylic acids is 1. The van der Waals surface area contributed by atoms with Crippen LogP contribution in [-0.2, 0) is 18.4 Å². The fourth-order valence-corrected chi connectivity index (χ4v) is 3.13. The van der Waals surface area contributed by atoms with Crippen molar-refractivity contribution in [1.29, 1.82) is 0 Å². The molecule has 5 nitrogen and oxygen atoms in total. The smallest absolute Gasteiger partial charge is 0.242 e. The molecular weight excluding hydrogens is 288 g/mol. The van der Waals surface area contributed by atoms with E-state index in [1.54, 1.807) is 4.68 Å². The summed E-state index contributed by atoms with van der Waals surface area (Å²) in [5.74, 6) is 0.693. The maximum absolute atomic E-state index is 12.7. The Labute approximate surface area is 137 Å². The van der Waals surface area contributed by atoms with Crippen LogP contribution in [0.1, 0.15) is 30.5 Å². The number of rotatable bonds is 4. The van der Waals surface area contributed by atoms with Crippen LogP contribution in [0.4, 0.5) is 5.82 Å². The number of piperidine rings is 1. The van der Waals surface area contributed by atoms with E-state index >= 15 is 0 Å². The Morgan fingerprint density at radius 1 is 1.30 bits per heavy atom. The molecule has 1 fully saturated rings. The highest BCUT2D eigenvalue weighted by Crippen LogP contribution is 2.21. The highest BCUT2D eigenvalue weighted by molar-refractivity contribution is 5.94. The Bertz CT molecular complexity index is 645. The normalized spacial score (nSPS) is 18.8.